The molecular weight excluding hydrogens is 272 g/mol. The molecular formula is C14H22N4OS. The van der Waals surface area contributed by atoms with Gasteiger partial charge in [-0.1, -0.05) is 23.5 Å². The number of anilines is 2. The molecule has 3 N–H and O–H groups in total. The summed E-state index contributed by atoms with van der Waals surface area (Å²) < 4.78 is 0. The van der Waals surface area contributed by atoms with E-state index in [9.17, 15) is 4.79 Å². The second kappa shape index (κ2) is 6.26. The minimum Gasteiger partial charge on any atom is -0.382 e. The van der Waals surface area contributed by atoms with Crippen LogP contribution in [0, 0.1) is 0 Å². The third-order valence-corrected chi connectivity index (χ3v) is 4.40. The Bertz CT molecular complexity index is 507. The summed E-state index contributed by atoms with van der Waals surface area (Å²) in [7, 11) is 0. The van der Waals surface area contributed by atoms with Crippen LogP contribution in [0.4, 0.5) is 10.9 Å². The number of hydrogen-bond donors (Lipinski definition) is 2. The highest BCUT2D eigenvalue weighted by molar-refractivity contribution is 7.18. The van der Waals surface area contributed by atoms with Gasteiger partial charge in [-0.2, -0.15) is 0 Å². The predicted molar refractivity (Wildman–Crippen MR) is 84.2 cm³/mol. The molecule has 0 saturated heterocycles. The number of nitrogens with one attached hydrogen (secondary N) is 1. The molecule has 1 aliphatic rings. The fourth-order valence-electron chi connectivity index (χ4n) is 2.07. The van der Waals surface area contributed by atoms with Crippen LogP contribution in [0.2, 0.25) is 0 Å². The van der Waals surface area contributed by atoms with E-state index in [0.717, 1.165) is 10.7 Å². The monoisotopic (exact) mass is 294 g/mol. The van der Waals surface area contributed by atoms with Gasteiger partial charge in [-0.05, 0) is 33.1 Å². The summed E-state index contributed by atoms with van der Waals surface area (Å²) in [5.41, 5.74) is 6.84. The molecule has 110 valence electrons. The van der Waals surface area contributed by atoms with Gasteiger partial charge in [-0.15, -0.1) is 0 Å². The van der Waals surface area contributed by atoms with Gasteiger partial charge in [0.05, 0.1) is 0 Å². The van der Waals surface area contributed by atoms with Crippen molar-refractivity contribution in [2.24, 2.45) is 0 Å². The molecule has 1 fully saturated rings. The van der Waals surface area contributed by atoms with Gasteiger partial charge in [0.15, 0.2) is 5.13 Å². The van der Waals surface area contributed by atoms with Crippen LogP contribution in [0.3, 0.4) is 0 Å². The van der Waals surface area contributed by atoms with Crippen molar-refractivity contribution >= 4 is 28.2 Å². The number of nitrogens with two attached hydrogens (primary N) is 1. The molecule has 1 aliphatic carbocycles. The number of nitrogen functional groups attached to an aromatic ring is 1. The Morgan fingerprint density at radius 3 is 2.80 bits per heavy atom. The zero-order valence-electron chi connectivity index (χ0n) is 12.1. The number of thiazole rings is 1. The van der Waals surface area contributed by atoms with Gasteiger partial charge < -0.3 is 16.0 Å². The van der Waals surface area contributed by atoms with Gasteiger partial charge in [-0.25, -0.2) is 4.98 Å². The summed E-state index contributed by atoms with van der Waals surface area (Å²) in [6.07, 6.45) is 3.59. The number of likely N-dealkylation sites (N-methyl/N-ethyl adjacent to an activating group) is 1. The van der Waals surface area contributed by atoms with Crippen molar-refractivity contribution in [2.75, 3.05) is 24.1 Å². The van der Waals surface area contributed by atoms with Gasteiger partial charge in [0, 0.05) is 19.1 Å². The molecule has 0 bridgehead atoms. The maximum Gasteiger partial charge on any atom is 0.268 e. The molecule has 0 radical (unpaired) electrons. The molecule has 0 aromatic carbocycles. The lowest BCUT2D eigenvalue weighted by molar-refractivity contribution is 0.0784. The van der Waals surface area contributed by atoms with Crippen molar-refractivity contribution in [1.82, 2.24) is 9.88 Å². The summed E-state index contributed by atoms with van der Waals surface area (Å²) in [5, 5.41) is 4.08. The molecule has 1 amide bonds. The van der Waals surface area contributed by atoms with E-state index in [2.05, 4.69) is 16.9 Å². The van der Waals surface area contributed by atoms with Crippen LogP contribution in [0.5, 0.6) is 0 Å². The lowest BCUT2D eigenvalue weighted by atomic mass is 9.93. The van der Waals surface area contributed by atoms with E-state index in [1.165, 1.54) is 30.6 Å². The molecule has 1 saturated carbocycles. The SMILES string of the molecule is C=C(C)CN(CC)C(=O)c1sc(NC2CCC2)nc1N. The maximum atomic E-state index is 12.5. The minimum absolute atomic E-state index is 0.0628. The molecule has 5 nitrogen and oxygen atoms in total. The van der Waals surface area contributed by atoms with Crippen LogP contribution in [0.15, 0.2) is 12.2 Å². The first-order valence-electron chi connectivity index (χ1n) is 6.97. The number of rotatable bonds is 6. The highest BCUT2D eigenvalue weighted by Gasteiger charge is 2.23. The second-order valence-corrected chi connectivity index (χ2v) is 6.28. The molecule has 1 heterocycles. The zero-order valence-corrected chi connectivity index (χ0v) is 12.9. The summed E-state index contributed by atoms with van der Waals surface area (Å²) >= 11 is 1.35. The molecule has 1 aromatic rings. The van der Waals surface area contributed by atoms with Gasteiger partial charge in [0.2, 0.25) is 0 Å². The number of hydrogen-bond acceptors (Lipinski definition) is 5. The summed E-state index contributed by atoms with van der Waals surface area (Å²) in [6.45, 7) is 8.90. The topological polar surface area (TPSA) is 71.2 Å². The average Bonchev–Trinajstić information content (AvgIpc) is 2.71. The van der Waals surface area contributed by atoms with Crippen LogP contribution in [-0.2, 0) is 0 Å². The fourth-order valence-corrected chi connectivity index (χ4v) is 3.00. The second-order valence-electron chi connectivity index (χ2n) is 5.28. The Balaban J connectivity index is 2.09. The average molecular weight is 294 g/mol. The third-order valence-electron chi connectivity index (χ3n) is 3.41. The number of carbonyl (C=O) groups excluding carboxylic acids is 1. The largest absolute Gasteiger partial charge is 0.382 e. The van der Waals surface area contributed by atoms with Crippen molar-refractivity contribution in [3.8, 4) is 0 Å². The first-order chi connectivity index (χ1) is 9.51. The summed E-state index contributed by atoms with van der Waals surface area (Å²) in [4.78, 5) is 19.0. The Labute approximate surface area is 123 Å². The Hall–Kier alpha value is -1.56. The van der Waals surface area contributed by atoms with Crippen molar-refractivity contribution in [3.63, 3.8) is 0 Å². The fraction of sp³-hybridized carbons (Fsp3) is 0.571. The number of nitrogens with zero attached hydrogens (tertiary/aromatic N) is 2. The van der Waals surface area contributed by atoms with Crippen LogP contribution >= 0.6 is 11.3 Å². The van der Waals surface area contributed by atoms with Crippen molar-refractivity contribution in [1.29, 1.82) is 0 Å². The first kappa shape index (κ1) is 14.8. The van der Waals surface area contributed by atoms with Crippen LogP contribution < -0.4 is 11.1 Å². The highest BCUT2D eigenvalue weighted by Crippen LogP contribution is 2.30. The van der Waals surface area contributed by atoms with Crippen molar-refractivity contribution in [2.45, 2.75) is 39.2 Å². The minimum atomic E-state index is -0.0628. The summed E-state index contributed by atoms with van der Waals surface area (Å²) in [6, 6.07) is 0.487. The van der Waals surface area contributed by atoms with E-state index in [0.29, 0.717) is 29.8 Å². The molecule has 0 unspecified atom stereocenters. The van der Waals surface area contributed by atoms with Crippen LogP contribution in [0.25, 0.3) is 0 Å². The molecule has 0 spiro atoms. The van der Waals surface area contributed by atoms with E-state index in [4.69, 9.17) is 5.73 Å². The summed E-state index contributed by atoms with van der Waals surface area (Å²) in [5.74, 6) is 0.258. The third kappa shape index (κ3) is 3.30. The molecule has 20 heavy (non-hydrogen) atoms. The quantitative estimate of drug-likeness (QED) is 0.791. The van der Waals surface area contributed by atoms with E-state index in [-0.39, 0.29) is 5.91 Å². The van der Waals surface area contributed by atoms with Crippen LogP contribution in [-0.4, -0.2) is 34.9 Å². The highest BCUT2D eigenvalue weighted by atomic mass is 32.1. The standard InChI is InChI=1S/C14H22N4OS/c1-4-18(8-9(2)3)13(19)11-12(15)17-14(20-11)16-10-6-5-7-10/h10H,2,4-8,15H2,1,3H3,(H,16,17). The number of carbonyl (C=O) groups is 1. The normalized spacial score (nSPS) is 14.7. The Morgan fingerprint density at radius 2 is 2.30 bits per heavy atom. The molecule has 0 atom stereocenters. The lowest BCUT2D eigenvalue weighted by Gasteiger charge is -2.25. The van der Waals surface area contributed by atoms with Gasteiger partial charge in [0.25, 0.3) is 5.91 Å². The van der Waals surface area contributed by atoms with Crippen molar-refractivity contribution < 1.29 is 4.79 Å². The zero-order chi connectivity index (χ0) is 14.7. The van der Waals surface area contributed by atoms with E-state index < -0.39 is 0 Å². The molecule has 2 rings (SSSR count). The van der Waals surface area contributed by atoms with Crippen molar-refractivity contribution in [3.05, 3.63) is 17.0 Å². The van der Waals surface area contributed by atoms with Crippen LogP contribution in [0.1, 0.15) is 42.8 Å². The predicted octanol–water partition coefficient (Wildman–Crippen LogP) is 2.73. The Morgan fingerprint density at radius 1 is 1.60 bits per heavy atom. The van der Waals surface area contributed by atoms with E-state index in [1.54, 1.807) is 4.90 Å². The maximum absolute atomic E-state index is 12.5. The first-order valence-corrected chi connectivity index (χ1v) is 7.79. The van der Waals surface area contributed by atoms with Gasteiger partial charge in [0.1, 0.15) is 10.7 Å². The molecule has 0 aliphatic heterocycles. The van der Waals surface area contributed by atoms with E-state index >= 15 is 0 Å². The molecule has 1 aromatic heterocycles. The lowest BCUT2D eigenvalue weighted by Crippen LogP contribution is -2.32. The Kier molecular flexibility index (Phi) is 4.65. The number of aromatic nitrogens is 1. The number of amides is 1. The van der Waals surface area contributed by atoms with Gasteiger partial charge >= 0.3 is 0 Å². The van der Waals surface area contributed by atoms with Gasteiger partial charge in [-0.3, -0.25) is 4.79 Å². The smallest absolute Gasteiger partial charge is 0.268 e. The van der Waals surface area contributed by atoms with E-state index in [1.807, 2.05) is 13.8 Å². The molecule has 6 heteroatoms.